The molecule has 2 fully saturated rings. The van der Waals surface area contributed by atoms with Crippen molar-refractivity contribution in [1.29, 1.82) is 0 Å². The minimum absolute atomic E-state index is 0.106. The summed E-state index contributed by atoms with van der Waals surface area (Å²) in [6.07, 6.45) is 1.63. The molecule has 0 bridgehead atoms. The van der Waals surface area contributed by atoms with Crippen molar-refractivity contribution in [1.82, 2.24) is 0 Å². The lowest BCUT2D eigenvalue weighted by atomic mass is 10.1. The molecule has 2 aliphatic rings. The highest BCUT2D eigenvalue weighted by Gasteiger charge is 2.57. The molecule has 0 heterocycles. The Morgan fingerprint density at radius 3 is 2.30 bits per heavy atom. The Labute approximate surface area is 60.2 Å². The van der Waals surface area contributed by atoms with Gasteiger partial charge >= 0.3 is 0 Å². The lowest BCUT2D eigenvalue weighted by Gasteiger charge is -2.03. The average molecular weight is 140 g/mol. The zero-order chi connectivity index (χ0) is 7.30. The molecule has 0 radical (unpaired) electrons. The van der Waals surface area contributed by atoms with E-state index in [9.17, 15) is 4.79 Å². The number of Topliss-reactive ketones (excluding diaryl/α,β-unsaturated/α-hetero) is 1. The van der Waals surface area contributed by atoms with E-state index in [2.05, 4.69) is 0 Å². The van der Waals surface area contributed by atoms with Crippen molar-refractivity contribution in [3.8, 4) is 0 Å². The first-order valence-electron chi connectivity index (χ1n) is 3.88. The third-order valence-electron chi connectivity index (χ3n) is 2.89. The van der Waals surface area contributed by atoms with Gasteiger partial charge in [-0.2, -0.15) is 0 Å². The third-order valence-corrected chi connectivity index (χ3v) is 2.89. The Morgan fingerprint density at radius 2 is 1.90 bits per heavy atom. The number of ketones is 1. The molecule has 2 aliphatic carbocycles. The normalized spacial score (nSPS) is 50.6. The van der Waals surface area contributed by atoms with Crippen LogP contribution in [0, 0.1) is 17.8 Å². The summed E-state index contributed by atoms with van der Waals surface area (Å²) in [7, 11) is 0. The van der Waals surface area contributed by atoms with E-state index < -0.39 is 0 Å². The zero-order valence-electron chi connectivity index (χ0n) is 6.08. The monoisotopic (exact) mass is 140 g/mol. The molecule has 2 nitrogen and oxygen atoms in total. The number of hydrogen-bond acceptors (Lipinski definition) is 2. The van der Waals surface area contributed by atoms with Gasteiger partial charge in [0.15, 0.2) is 0 Å². The van der Waals surface area contributed by atoms with Crippen molar-refractivity contribution < 1.29 is 9.90 Å². The van der Waals surface area contributed by atoms with Gasteiger partial charge < -0.3 is 5.11 Å². The maximum atomic E-state index is 10.8. The Hall–Kier alpha value is -0.370. The Morgan fingerprint density at radius 1 is 1.40 bits per heavy atom. The van der Waals surface area contributed by atoms with Crippen molar-refractivity contribution >= 4 is 5.78 Å². The summed E-state index contributed by atoms with van der Waals surface area (Å²) in [4.78, 5) is 10.8. The lowest BCUT2D eigenvalue weighted by molar-refractivity contribution is -0.119. The van der Waals surface area contributed by atoms with E-state index in [0.717, 1.165) is 12.8 Å². The standard InChI is InChI=1S/C8H12O2/c1-4(9)8-6-2-5(10)3-7(6)8/h5-8,10H,2-3H2,1H3/t5?,6-,7?,8+/m1/s1. The maximum Gasteiger partial charge on any atom is 0.133 e. The van der Waals surface area contributed by atoms with Crippen molar-refractivity contribution in [2.45, 2.75) is 25.9 Å². The van der Waals surface area contributed by atoms with Gasteiger partial charge in [-0.1, -0.05) is 0 Å². The molecule has 2 unspecified atom stereocenters. The lowest BCUT2D eigenvalue weighted by Crippen LogP contribution is -2.09. The minimum atomic E-state index is -0.106. The molecule has 0 aromatic carbocycles. The van der Waals surface area contributed by atoms with Gasteiger partial charge in [-0.15, -0.1) is 0 Å². The van der Waals surface area contributed by atoms with Crippen LogP contribution in [0.5, 0.6) is 0 Å². The fourth-order valence-electron chi connectivity index (χ4n) is 2.42. The molecule has 2 rings (SSSR count). The van der Waals surface area contributed by atoms with Gasteiger partial charge in [-0.05, 0) is 31.6 Å². The van der Waals surface area contributed by atoms with Crippen LogP contribution in [-0.4, -0.2) is 17.0 Å². The SMILES string of the molecule is CC(=O)[C@@H]1C2CC(O)C[C@H]21. The van der Waals surface area contributed by atoms with Gasteiger partial charge in [0.1, 0.15) is 5.78 Å². The van der Waals surface area contributed by atoms with E-state index in [1.807, 2.05) is 0 Å². The van der Waals surface area contributed by atoms with Gasteiger partial charge in [-0.3, -0.25) is 4.79 Å². The predicted octanol–water partition coefficient (Wildman–Crippen LogP) is 0.592. The van der Waals surface area contributed by atoms with E-state index in [0.29, 0.717) is 23.5 Å². The average Bonchev–Trinajstić information content (AvgIpc) is 2.32. The Balaban J connectivity index is 1.98. The second-order valence-electron chi connectivity index (χ2n) is 3.59. The van der Waals surface area contributed by atoms with Crippen LogP contribution in [0.3, 0.4) is 0 Å². The third kappa shape index (κ3) is 0.717. The van der Waals surface area contributed by atoms with Gasteiger partial charge in [0.25, 0.3) is 0 Å². The zero-order valence-corrected chi connectivity index (χ0v) is 6.08. The molecule has 0 spiro atoms. The summed E-state index contributed by atoms with van der Waals surface area (Å²) in [5.41, 5.74) is 0. The number of aliphatic hydroxyl groups is 1. The minimum Gasteiger partial charge on any atom is -0.393 e. The molecular weight excluding hydrogens is 128 g/mol. The van der Waals surface area contributed by atoms with Gasteiger partial charge in [0, 0.05) is 5.92 Å². The molecule has 0 amide bonds. The van der Waals surface area contributed by atoms with Crippen LogP contribution in [-0.2, 0) is 4.79 Å². The summed E-state index contributed by atoms with van der Waals surface area (Å²) in [6.45, 7) is 1.66. The number of rotatable bonds is 1. The quantitative estimate of drug-likeness (QED) is 0.579. The molecule has 10 heavy (non-hydrogen) atoms. The summed E-state index contributed by atoms with van der Waals surface area (Å²) in [5.74, 6) is 1.74. The Bertz CT molecular complexity index is 164. The summed E-state index contributed by atoms with van der Waals surface area (Å²) in [6, 6.07) is 0. The highest BCUT2D eigenvalue weighted by atomic mass is 16.3. The molecule has 56 valence electrons. The number of carbonyl (C=O) groups is 1. The highest BCUT2D eigenvalue weighted by Crippen LogP contribution is 2.57. The summed E-state index contributed by atoms with van der Waals surface area (Å²) < 4.78 is 0. The molecule has 2 saturated carbocycles. The fourth-order valence-corrected chi connectivity index (χ4v) is 2.42. The van der Waals surface area contributed by atoms with E-state index in [1.54, 1.807) is 6.92 Å². The molecule has 2 heteroatoms. The topological polar surface area (TPSA) is 37.3 Å². The Kier molecular flexibility index (Phi) is 1.15. The molecule has 0 aromatic rings. The smallest absolute Gasteiger partial charge is 0.133 e. The first-order valence-corrected chi connectivity index (χ1v) is 3.88. The molecule has 0 saturated heterocycles. The number of carbonyl (C=O) groups excluding carboxylic acids is 1. The predicted molar refractivity (Wildman–Crippen MR) is 36.4 cm³/mol. The van der Waals surface area contributed by atoms with Gasteiger partial charge in [0.2, 0.25) is 0 Å². The first kappa shape index (κ1) is 6.35. The van der Waals surface area contributed by atoms with Gasteiger partial charge in [-0.25, -0.2) is 0 Å². The fraction of sp³-hybridized carbons (Fsp3) is 0.875. The van der Waals surface area contributed by atoms with Crippen molar-refractivity contribution in [3.05, 3.63) is 0 Å². The molecule has 0 aromatic heterocycles. The van der Waals surface area contributed by atoms with Crippen LogP contribution in [0.25, 0.3) is 0 Å². The number of fused-ring (bicyclic) bond motifs is 1. The highest BCUT2D eigenvalue weighted by molar-refractivity contribution is 5.82. The largest absolute Gasteiger partial charge is 0.393 e. The summed E-state index contributed by atoms with van der Waals surface area (Å²) in [5, 5.41) is 9.12. The second-order valence-corrected chi connectivity index (χ2v) is 3.59. The van der Waals surface area contributed by atoms with Crippen LogP contribution in [0.4, 0.5) is 0 Å². The van der Waals surface area contributed by atoms with Crippen LogP contribution in [0.1, 0.15) is 19.8 Å². The van der Waals surface area contributed by atoms with E-state index in [4.69, 9.17) is 5.11 Å². The van der Waals surface area contributed by atoms with E-state index in [1.165, 1.54) is 0 Å². The second kappa shape index (κ2) is 1.82. The van der Waals surface area contributed by atoms with Crippen LogP contribution < -0.4 is 0 Å². The van der Waals surface area contributed by atoms with Crippen molar-refractivity contribution in [3.63, 3.8) is 0 Å². The van der Waals surface area contributed by atoms with Crippen molar-refractivity contribution in [2.24, 2.45) is 17.8 Å². The van der Waals surface area contributed by atoms with Crippen molar-refractivity contribution in [2.75, 3.05) is 0 Å². The first-order chi connectivity index (χ1) is 4.70. The molecular formula is C8H12O2. The maximum absolute atomic E-state index is 10.8. The van der Waals surface area contributed by atoms with E-state index >= 15 is 0 Å². The van der Waals surface area contributed by atoms with Gasteiger partial charge in [0.05, 0.1) is 6.10 Å². The molecule has 1 N–H and O–H groups in total. The van der Waals surface area contributed by atoms with Crippen LogP contribution in [0.2, 0.25) is 0 Å². The number of aliphatic hydroxyl groups excluding tert-OH is 1. The molecule has 4 atom stereocenters. The number of hydrogen-bond donors (Lipinski definition) is 1. The molecule has 0 aliphatic heterocycles. The summed E-state index contributed by atoms with van der Waals surface area (Å²) >= 11 is 0. The van der Waals surface area contributed by atoms with E-state index in [-0.39, 0.29) is 6.10 Å². The van der Waals surface area contributed by atoms with Crippen LogP contribution in [0.15, 0.2) is 0 Å². The van der Waals surface area contributed by atoms with Crippen LogP contribution >= 0.6 is 0 Å².